The lowest BCUT2D eigenvalue weighted by molar-refractivity contribution is -0.200. The Morgan fingerprint density at radius 1 is 1.33 bits per heavy atom. The normalized spacial score (nSPS) is 45.6. The Labute approximate surface area is 144 Å². The number of aldehydes is 1. The van der Waals surface area contributed by atoms with Crippen LogP contribution in [0.25, 0.3) is 0 Å². The third kappa shape index (κ3) is 2.55. The van der Waals surface area contributed by atoms with E-state index < -0.39 is 23.5 Å². The first-order valence-corrected chi connectivity index (χ1v) is 9.16. The maximum atomic E-state index is 11.7. The van der Waals surface area contributed by atoms with Gasteiger partial charge in [0.1, 0.15) is 6.29 Å². The van der Waals surface area contributed by atoms with Gasteiger partial charge in [-0.3, -0.25) is 0 Å². The van der Waals surface area contributed by atoms with E-state index in [9.17, 15) is 15.0 Å². The number of carbonyl (C=O) groups excluding carboxylic acids is 1. The first kappa shape index (κ1) is 17.7. The molecule has 24 heavy (non-hydrogen) atoms. The van der Waals surface area contributed by atoms with Gasteiger partial charge in [-0.1, -0.05) is 20.8 Å². The highest BCUT2D eigenvalue weighted by molar-refractivity contribution is 5.57. The highest BCUT2D eigenvalue weighted by Crippen LogP contribution is 2.62. The van der Waals surface area contributed by atoms with Crippen molar-refractivity contribution in [1.82, 2.24) is 0 Å². The number of hydrogen-bond donors (Lipinski definition) is 2. The lowest BCUT2D eigenvalue weighted by atomic mass is 9.43. The Kier molecular flexibility index (Phi) is 4.65. The summed E-state index contributed by atoms with van der Waals surface area (Å²) in [6, 6.07) is 2.00. The molecular weight excluding hydrogens is 304 g/mol. The Bertz CT molecular complexity index is 568. The van der Waals surface area contributed by atoms with E-state index in [0.29, 0.717) is 18.8 Å². The Hall–Kier alpha value is -1.13. The van der Waals surface area contributed by atoms with E-state index in [2.05, 4.69) is 13.8 Å². The average Bonchev–Trinajstić information content (AvgIpc) is 3.05. The molecule has 0 aliphatic heterocycles. The summed E-state index contributed by atoms with van der Waals surface area (Å²) in [4.78, 5) is 11.7. The highest BCUT2D eigenvalue weighted by atomic mass is 16.3. The molecule has 134 valence electrons. The molecule has 0 amide bonds. The molecule has 0 unspecified atom stereocenters. The molecule has 2 aliphatic rings. The van der Waals surface area contributed by atoms with Crippen molar-refractivity contribution in [3.8, 4) is 0 Å². The topological polar surface area (TPSA) is 70.7 Å². The molecule has 2 saturated carbocycles. The molecule has 0 bridgehead atoms. The van der Waals surface area contributed by atoms with E-state index in [-0.39, 0.29) is 11.3 Å². The lowest BCUT2D eigenvalue weighted by Crippen LogP contribution is -2.62. The molecule has 4 heteroatoms. The van der Waals surface area contributed by atoms with Gasteiger partial charge in [0.15, 0.2) is 0 Å². The quantitative estimate of drug-likeness (QED) is 0.830. The van der Waals surface area contributed by atoms with Gasteiger partial charge >= 0.3 is 0 Å². The van der Waals surface area contributed by atoms with Crippen LogP contribution in [0, 0.1) is 28.6 Å². The van der Waals surface area contributed by atoms with Crippen LogP contribution in [0.3, 0.4) is 0 Å². The van der Waals surface area contributed by atoms with E-state index >= 15 is 0 Å². The molecule has 3 rings (SSSR count). The van der Waals surface area contributed by atoms with Gasteiger partial charge in [-0.25, -0.2) is 0 Å². The number of aryl methyl sites for hydroxylation is 1. The van der Waals surface area contributed by atoms with E-state index in [0.717, 1.165) is 25.5 Å². The molecule has 4 nitrogen and oxygen atoms in total. The molecular formula is C20H30O4. The summed E-state index contributed by atoms with van der Waals surface area (Å²) in [5.74, 6) is 0.126. The van der Waals surface area contributed by atoms with Crippen LogP contribution >= 0.6 is 0 Å². The molecule has 1 heterocycles. The summed E-state index contributed by atoms with van der Waals surface area (Å²) in [6.45, 7) is 6.55. The van der Waals surface area contributed by atoms with Gasteiger partial charge in [0.05, 0.1) is 24.7 Å². The second-order valence-corrected chi connectivity index (χ2v) is 8.52. The van der Waals surface area contributed by atoms with Crippen molar-refractivity contribution in [3.63, 3.8) is 0 Å². The minimum atomic E-state index is -0.634. The van der Waals surface area contributed by atoms with E-state index in [1.807, 2.05) is 13.0 Å². The van der Waals surface area contributed by atoms with Gasteiger partial charge < -0.3 is 19.4 Å². The second-order valence-electron chi connectivity index (χ2n) is 8.52. The molecule has 0 saturated heterocycles. The van der Waals surface area contributed by atoms with Crippen LogP contribution in [0.5, 0.6) is 0 Å². The van der Waals surface area contributed by atoms with Crippen molar-refractivity contribution < 1.29 is 19.4 Å². The Morgan fingerprint density at radius 2 is 2.08 bits per heavy atom. The van der Waals surface area contributed by atoms with Gasteiger partial charge in [-0.15, -0.1) is 0 Å². The fraction of sp³-hybridized carbons (Fsp3) is 0.750. The number of fused-ring (bicyclic) bond motifs is 1. The van der Waals surface area contributed by atoms with Gasteiger partial charge in [0, 0.05) is 11.3 Å². The maximum absolute atomic E-state index is 11.7. The van der Waals surface area contributed by atoms with Crippen LogP contribution in [0.1, 0.15) is 52.0 Å². The molecule has 7 atom stereocenters. The van der Waals surface area contributed by atoms with Crippen molar-refractivity contribution >= 4 is 6.29 Å². The van der Waals surface area contributed by atoms with Crippen molar-refractivity contribution in [1.29, 1.82) is 0 Å². The predicted molar refractivity (Wildman–Crippen MR) is 91.3 cm³/mol. The first-order chi connectivity index (χ1) is 11.3. The van der Waals surface area contributed by atoms with Crippen molar-refractivity contribution in [2.24, 2.45) is 28.6 Å². The number of carbonyl (C=O) groups is 1. The number of aliphatic hydroxyl groups excluding tert-OH is 2. The summed E-state index contributed by atoms with van der Waals surface area (Å²) in [7, 11) is 0. The fourth-order valence-corrected chi connectivity index (χ4v) is 5.68. The molecule has 2 N–H and O–H groups in total. The Balaban J connectivity index is 1.92. The van der Waals surface area contributed by atoms with Gasteiger partial charge in [-0.2, -0.15) is 0 Å². The van der Waals surface area contributed by atoms with Crippen molar-refractivity contribution in [2.75, 3.05) is 0 Å². The second kappa shape index (κ2) is 6.30. The van der Waals surface area contributed by atoms with Crippen LogP contribution in [-0.2, 0) is 11.2 Å². The smallest absolute Gasteiger partial charge is 0.126 e. The minimum Gasteiger partial charge on any atom is -0.472 e. The van der Waals surface area contributed by atoms with E-state index in [1.54, 1.807) is 12.5 Å². The van der Waals surface area contributed by atoms with E-state index in [1.165, 1.54) is 5.56 Å². The van der Waals surface area contributed by atoms with Crippen molar-refractivity contribution in [2.45, 2.75) is 65.1 Å². The molecule has 0 aromatic carbocycles. The summed E-state index contributed by atoms with van der Waals surface area (Å²) in [6.07, 6.45) is 7.35. The Morgan fingerprint density at radius 3 is 2.71 bits per heavy atom. The van der Waals surface area contributed by atoms with Gasteiger partial charge in [-0.05, 0) is 61.0 Å². The largest absolute Gasteiger partial charge is 0.472 e. The number of aliphatic hydroxyl groups is 2. The zero-order valence-electron chi connectivity index (χ0n) is 14.9. The minimum absolute atomic E-state index is 0.0344. The van der Waals surface area contributed by atoms with Crippen LogP contribution in [0.2, 0.25) is 0 Å². The zero-order valence-corrected chi connectivity index (χ0v) is 14.9. The summed E-state index contributed by atoms with van der Waals surface area (Å²) in [5.41, 5.74) is 0.683. The SMILES string of the molecule is C[C@H]1C[C@H](O)[C@]2(C)[C@H](C=O)[C@H](O)CC[C@H]2[C@]1(C)CCc1ccoc1. The summed E-state index contributed by atoms with van der Waals surface area (Å²) < 4.78 is 5.19. The molecule has 0 spiro atoms. The van der Waals surface area contributed by atoms with Crippen LogP contribution < -0.4 is 0 Å². The molecule has 2 aliphatic carbocycles. The third-order valence-electron chi connectivity index (χ3n) is 7.53. The third-order valence-corrected chi connectivity index (χ3v) is 7.53. The average molecular weight is 334 g/mol. The molecule has 2 fully saturated rings. The summed E-state index contributed by atoms with van der Waals surface area (Å²) >= 11 is 0. The predicted octanol–water partition coefficient (Wildman–Crippen LogP) is 3.21. The van der Waals surface area contributed by atoms with Gasteiger partial charge in [0.2, 0.25) is 0 Å². The van der Waals surface area contributed by atoms with E-state index in [4.69, 9.17) is 4.42 Å². The maximum Gasteiger partial charge on any atom is 0.126 e. The fourth-order valence-electron chi connectivity index (χ4n) is 5.68. The van der Waals surface area contributed by atoms with Crippen LogP contribution in [0.4, 0.5) is 0 Å². The number of rotatable bonds is 4. The molecule has 1 aromatic heterocycles. The van der Waals surface area contributed by atoms with Crippen LogP contribution in [0.15, 0.2) is 23.0 Å². The standard InChI is InChI=1S/C20H30O4/c1-13-10-18(23)20(3)15(11-21)16(22)4-5-17(20)19(13,2)8-6-14-7-9-24-12-14/h7,9,11-13,15-18,22-23H,4-6,8,10H2,1-3H3/t13-,15+,16+,17-,18-,19+,20+/m0/s1. The molecule has 0 radical (unpaired) electrons. The number of hydrogen-bond acceptors (Lipinski definition) is 4. The zero-order chi connectivity index (χ0) is 17.5. The van der Waals surface area contributed by atoms with Crippen LogP contribution in [-0.4, -0.2) is 28.7 Å². The number of furan rings is 1. The first-order valence-electron chi connectivity index (χ1n) is 9.16. The summed E-state index contributed by atoms with van der Waals surface area (Å²) in [5, 5.41) is 21.2. The molecule has 1 aromatic rings. The monoisotopic (exact) mass is 334 g/mol. The van der Waals surface area contributed by atoms with Gasteiger partial charge in [0.25, 0.3) is 0 Å². The van der Waals surface area contributed by atoms with Crippen molar-refractivity contribution in [3.05, 3.63) is 24.2 Å². The lowest BCUT2D eigenvalue weighted by Gasteiger charge is -2.62. The highest BCUT2D eigenvalue weighted by Gasteiger charge is 2.61.